The Balaban J connectivity index is 1.52. The van der Waals surface area contributed by atoms with E-state index in [2.05, 4.69) is 31.5 Å². The standard InChI is InChI=1S/C19H19BrN4O2/c1-13-18(20)15-6-2-3-7-16(15)24(13)12-17(25)22-9-10-23-19(26)14-5-4-8-21-11-14/h2-8,11H,9-10,12H2,1H3,(H,22,25)(H,23,26). The van der Waals surface area contributed by atoms with Gasteiger partial charge in [0.2, 0.25) is 5.91 Å². The molecule has 2 amide bonds. The molecule has 26 heavy (non-hydrogen) atoms. The summed E-state index contributed by atoms with van der Waals surface area (Å²) in [4.78, 5) is 28.1. The van der Waals surface area contributed by atoms with Crippen LogP contribution in [0.2, 0.25) is 0 Å². The number of aromatic nitrogens is 2. The van der Waals surface area contributed by atoms with Gasteiger partial charge in [-0.1, -0.05) is 18.2 Å². The number of hydrogen-bond acceptors (Lipinski definition) is 3. The van der Waals surface area contributed by atoms with Gasteiger partial charge in [0.05, 0.1) is 5.56 Å². The van der Waals surface area contributed by atoms with Crippen molar-refractivity contribution in [3.05, 3.63) is 64.5 Å². The lowest BCUT2D eigenvalue weighted by Crippen LogP contribution is -2.36. The average Bonchev–Trinajstić information content (AvgIpc) is 2.91. The number of carbonyl (C=O) groups excluding carboxylic acids is 2. The van der Waals surface area contributed by atoms with Gasteiger partial charge in [-0.25, -0.2) is 0 Å². The quantitative estimate of drug-likeness (QED) is 0.608. The van der Waals surface area contributed by atoms with Gasteiger partial charge in [0.15, 0.2) is 0 Å². The second kappa shape index (κ2) is 8.14. The van der Waals surface area contributed by atoms with Crippen LogP contribution in [0.3, 0.4) is 0 Å². The molecule has 134 valence electrons. The van der Waals surface area contributed by atoms with Crippen molar-refractivity contribution in [1.82, 2.24) is 20.2 Å². The number of carbonyl (C=O) groups is 2. The second-order valence-electron chi connectivity index (χ2n) is 5.85. The molecule has 0 aliphatic rings. The molecule has 3 aromatic rings. The molecule has 0 unspecified atom stereocenters. The number of amides is 2. The van der Waals surface area contributed by atoms with Crippen LogP contribution in [0.4, 0.5) is 0 Å². The van der Waals surface area contributed by atoms with E-state index < -0.39 is 0 Å². The van der Waals surface area contributed by atoms with Gasteiger partial charge in [0.25, 0.3) is 5.91 Å². The second-order valence-corrected chi connectivity index (χ2v) is 6.64. The molecule has 0 spiro atoms. The van der Waals surface area contributed by atoms with Crippen LogP contribution >= 0.6 is 15.9 Å². The van der Waals surface area contributed by atoms with Crippen molar-refractivity contribution < 1.29 is 9.59 Å². The summed E-state index contributed by atoms with van der Waals surface area (Å²) in [5.74, 6) is -0.305. The maximum absolute atomic E-state index is 12.3. The molecule has 3 rings (SSSR count). The lowest BCUT2D eigenvalue weighted by atomic mass is 10.2. The number of nitrogens with one attached hydrogen (secondary N) is 2. The minimum atomic E-state index is -0.205. The van der Waals surface area contributed by atoms with Crippen molar-refractivity contribution in [2.45, 2.75) is 13.5 Å². The number of benzene rings is 1. The summed E-state index contributed by atoms with van der Waals surface area (Å²) in [5, 5.41) is 6.67. The van der Waals surface area contributed by atoms with Crippen molar-refractivity contribution in [2.75, 3.05) is 13.1 Å². The molecule has 0 aliphatic carbocycles. The van der Waals surface area contributed by atoms with Gasteiger partial charge in [-0.2, -0.15) is 0 Å². The Morgan fingerprint density at radius 2 is 1.88 bits per heavy atom. The third kappa shape index (κ3) is 3.94. The zero-order valence-electron chi connectivity index (χ0n) is 14.3. The molecule has 7 heteroatoms. The van der Waals surface area contributed by atoms with Crippen molar-refractivity contribution >= 4 is 38.6 Å². The van der Waals surface area contributed by atoms with E-state index in [0.29, 0.717) is 18.7 Å². The lowest BCUT2D eigenvalue weighted by molar-refractivity contribution is -0.121. The molecule has 0 saturated carbocycles. The normalized spacial score (nSPS) is 10.7. The van der Waals surface area contributed by atoms with E-state index in [9.17, 15) is 9.59 Å². The van der Waals surface area contributed by atoms with Gasteiger partial charge in [-0.15, -0.1) is 0 Å². The molecule has 0 radical (unpaired) electrons. The van der Waals surface area contributed by atoms with E-state index in [1.165, 1.54) is 6.20 Å². The third-order valence-corrected chi connectivity index (χ3v) is 5.11. The predicted octanol–water partition coefficient (Wildman–Crippen LogP) is 2.65. The first-order valence-electron chi connectivity index (χ1n) is 8.26. The molecule has 0 fully saturated rings. The number of rotatable bonds is 6. The molecule has 0 saturated heterocycles. The first-order chi connectivity index (χ1) is 12.6. The van der Waals surface area contributed by atoms with E-state index in [0.717, 1.165) is 21.1 Å². The van der Waals surface area contributed by atoms with Crippen LogP contribution in [0, 0.1) is 6.92 Å². The monoisotopic (exact) mass is 414 g/mol. The van der Waals surface area contributed by atoms with Crippen molar-refractivity contribution in [3.63, 3.8) is 0 Å². The van der Waals surface area contributed by atoms with Crippen molar-refractivity contribution in [2.24, 2.45) is 0 Å². The summed E-state index contributed by atoms with van der Waals surface area (Å²) < 4.78 is 2.98. The molecule has 1 aromatic carbocycles. The Labute approximate surface area is 159 Å². The van der Waals surface area contributed by atoms with E-state index in [-0.39, 0.29) is 18.4 Å². The number of nitrogens with zero attached hydrogens (tertiary/aromatic N) is 2. The molecule has 2 heterocycles. The molecule has 6 nitrogen and oxygen atoms in total. The van der Waals surface area contributed by atoms with Crippen LogP contribution in [0.15, 0.2) is 53.3 Å². The van der Waals surface area contributed by atoms with Gasteiger partial charge in [0, 0.05) is 46.6 Å². The Hall–Kier alpha value is -2.67. The molecule has 2 N–H and O–H groups in total. The van der Waals surface area contributed by atoms with Crippen LogP contribution < -0.4 is 10.6 Å². The minimum Gasteiger partial charge on any atom is -0.353 e. The van der Waals surface area contributed by atoms with E-state index in [4.69, 9.17) is 0 Å². The van der Waals surface area contributed by atoms with Gasteiger partial charge in [-0.3, -0.25) is 14.6 Å². The fourth-order valence-corrected chi connectivity index (χ4v) is 3.32. The van der Waals surface area contributed by atoms with E-state index in [1.807, 2.05) is 35.8 Å². The fourth-order valence-electron chi connectivity index (χ4n) is 2.77. The smallest absolute Gasteiger partial charge is 0.252 e. The minimum absolute atomic E-state index is 0.100. The van der Waals surface area contributed by atoms with Gasteiger partial charge in [0.1, 0.15) is 6.54 Å². The van der Waals surface area contributed by atoms with Gasteiger partial charge in [-0.05, 0) is 41.1 Å². The maximum Gasteiger partial charge on any atom is 0.252 e. The number of para-hydroxylation sites is 1. The Bertz CT molecular complexity index is 937. The van der Waals surface area contributed by atoms with E-state index >= 15 is 0 Å². The first kappa shape index (κ1) is 18.1. The summed E-state index contributed by atoms with van der Waals surface area (Å²) in [6, 6.07) is 11.3. The van der Waals surface area contributed by atoms with Crippen LogP contribution in [0.25, 0.3) is 10.9 Å². The Morgan fingerprint density at radius 1 is 1.12 bits per heavy atom. The summed E-state index contributed by atoms with van der Waals surface area (Å²) in [7, 11) is 0. The van der Waals surface area contributed by atoms with Gasteiger partial charge < -0.3 is 15.2 Å². The highest BCUT2D eigenvalue weighted by Gasteiger charge is 2.14. The fraction of sp³-hybridized carbons (Fsp3) is 0.211. The highest BCUT2D eigenvalue weighted by atomic mass is 79.9. The highest BCUT2D eigenvalue weighted by molar-refractivity contribution is 9.10. The Morgan fingerprint density at radius 3 is 2.65 bits per heavy atom. The molecule has 0 aliphatic heterocycles. The maximum atomic E-state index is 12.3. The van der Waals surface area contributed by atoms with Gasteiger partial charge >= 0.3 is 0 Å². The summed E-state index contributed by atoms with van der Waals surface area (Å²) >= 11 is 3.59. The number of pyridine rings is 1. The van der Waals surface area contributed by atoms with Crippen LogP contribution in [-0.4, -0.2) is 34.5 Å². The predicted molar refractivity (Wildman–Crippen MR) is 104 cm³/mol. The molecule has 2 aromatic heterocycles. The zero-order chi connectivity index (χ0) is 18.5. The lowest BCUT2D eigenvalue weighted by Gasteiger charge is -2.10. The van der Waals surface area contributed by atoms with Crippen LogP contribution in [-0.2, 0) is 11.3 Å². The van der Waals surface area contributed by atoms with E-state index in [1.54, 1.807) is 18.3 Å². The molecule has 0 atom stereocenters. The summed E-state index contributed by atoms with van der Waals surface area (Å²) in [5.41, 5.74) is 2.52. The molecule has 0 bridgehead atoms. The van der Waals surface area contributed by atoms with Crippen LogP contribution in [0.5, 0.6) is 0 Å². The SMILES string of the molecule is Cc1c(Br)c2ccccc2n1CC(=O)NCCNC(=O)c1cccnc1. The summed E-state index contributed by atoms with van der Waals surface area (Å²) in [6.45, 7) is 2.93. The largest absolute Gasteiger partial charge is 0.353 e. The molecular formula is C19H19BrN4O2. The van der Waals surface area contributed by atoms with Crippen molar-refractivity contribution in [1.29, 1.82) is 0 Å². The molecular weight excluding hydrogens is 396 g/mol. The number of halogens is 1. The highest BCUT2D eigenvalue weighted by Crippen LogP contribution is 2.30. The Kier molecular flexibility index (Phi) is 5.68. The third-order valence-electron chi connectivity index (χ3n) is 4.11. The zero-order valence-corrected chi connectivity index (χ0v) is 15.9. The van der Waals surface area contributed by atoms with Crippen molar-refractivity contribution in [3.8, 4) is 0 Å². The van der Waals surface area contributed by atoms with Crippen LogP contribution in [0.1, 0.15) is 16.1 Å². The number of hydrogen-bond donors (Lipinski definition) is 2. The topological polar surface area (TPSA) is 76.0 Å². The first-order valence-corrected chi connectivity index (χ1v) is 9.05. The average molecular weight is 415 g/mol. The number of fused-ring (bicyclic) bond motifs is 1. The summed E-state index contributed by atoms with van der Waals surface area (Å²) in [6.07, 6.45) is 3.12.